The van der Waals surface area contributed by atoms with Crippen molar-refractivity contribution in [2.45, 2.75) is 0 Å². The predicted octanol–water partition coefficient (Wildman–Crippen LogP) is 1.25. The SMILES string of the molecule is C=CCl.[O]. The summed E-state index contributed by atoms with van der Waals surface area (Å²) < 4.78 is 0. The van der Waals surface area contributed by atoms with Gasteiger partial charge in [-0.05, 0) is 5.54 Å². The summed E-state index contributed by atoms with van der Waals surface area (Å²) in [5.74, 6) is 0. The van der Waals surface area contributed by atoms with Crippen molar-refractivity contribution in [3.8, 4) is 0 Å². The maximum absolute atomic E-state index is 4.76. The average molecular weight is 78.5 g/mol. The zero-order valence-corrected chi connectivity index (χ0v) is 2.83. The summed E-state index contributed by atoms with van der Waals surface area (Å²) in [4.78, 5) is 0. The summed E-state index contributed by atoms with van der Waals surface area (Å²) >= 11 is 4.76. The first-order chi connectivity index (χ1) is 1.41. The third-order valence-corrected chi connectivity index (χ3v) is 0. The van der Waals surface area contributed by atoms with Crippen LogP contribution in [0.5, 0.6) is 0 Å². The van der Waals surface area contributed by atoms with Gasteiger partial charge in [-0.1, -0.05) is 18.2 Å². The first kappa shape index (κ1) is 9.01. The Hall–Kier alpha value is -0.0100. The maximum atomic E-state index is 4.76. The first-order valence-corrected chi connectivity index (χ1v) is 1.06. The monoisotopic (exact) mass is 78.0 g/mol. The molecule has 0 N–H and O–H groups in total. The molecule has 0 aromatic rings. The van der Waals surface area contributed by atoms with Crippen LogP contribution in [0.15, 0.2) is 12.1 Å². The van der Waals surface area contributed by atoms with E-state index in [0.29, 0.717) is 0 Å². The van der Waals surface area contributed by atoms with Crippen LogP contribution in [0, 0.1) is 0 Å². The Morgan fingerprint density at radius 3 is 1.75 bits per heavy atom. The van der Waals surface area contributed by atoms with Crippen molar-refractivity contribution in [3.63, 3.8) is 0 Å². The molecule has 0 bridgehead atoms. The minimum atomic E-state index is 0. The van der Waals surface area contributed by atoms with E-state index in [0.717, 1.165) is 0 Å². The van der Waals surface area contributed by atoms with Gasteiger partial charge in [-0.15, -0.1) is 0 Å². The van der Waals surface area contributed by atoms with Crippen LogP contribution in [0.4, 0.5) is 0 Å². The van der Waals surface area contributed by atoms with Gasteiger partial charge in [0, 0.05) is 5.48 Å². The van der Waals surface area contributed by atoms with E-state index in [4.69, 9.17) is 11.6 Å². The molecule has 0 unspecified atom stereocenters. The molecule has 2 heteroatoms. The fraction of sp³-hybridized carbons (Fsp3) is 0. The molecule has 0 rings (SSSR count). The molecule has 1 nitrogen and oxygen atoms in total. The lowest BCUT2D eigenvalue weighted by atomic mass is 11.3. The van der Waals surface area contributed by atoms with Crippen LogP contribution in [0.2, 0.25) is 0 Å². The second-order valence-corrected chi connectivity index (χ2v) is 0.463. The Labute approximate surface area is 30.2 Å². The molecule has 0 heterocycles. The third kappa shape index (κ3) is 19500. The Kier molecular flexibility index (Phi) is 27.2. The van der Waals surface area contributed by atoms with Gasteiger partial charge >= 0.3 is 0 Å². The van der Waals surface area contributed by atoms with Gasteiger partial charge in [0.05, 0.1) is 0 Å². The van der Waals surface area contributed by atoms with Crippen molar-refractivity contribution in [1.82, 2.24) is 0 Å². The molecule has 0 aliphatic carbocycles. The summed E-state index contributed by atoms with van der Waals surface area (Å²) in [6.07, 6.45) is 0. The Morgan fingerprint density at radius 1 is 1.75 bits per heavy atom. The van der Waals surface area contributed by atoms with E-state index >= 15 is 0 Å². The summed E-state index contributed by atoms with van der Waals surface area (Å²) in [5, 5.41) is 0. The van der Waals surface area contributed by atoms with Crippen LogP contribution in [-0.4, -0.2) is 0 Å². The summed E-state index contributed by atoms with van der Waals surface area (Å²) in [7, 11) is 0. The summed E-state index contributed by atoms with van der Waals surface area (Å²) in [5.41, 5.74) is 1.22. The van der Waals surface area contributed by atoms with Crippen molar-refractivity contribution in [2.75, 3.05) is 0 Å². The molecule has 0 aromatic carbocycles. The van der Waals surface area contributed by atoms with E-state index < -0.39 is 0 Å². The van der Waals surface area contributed by atoms with Gasteiger partial charge in [0.2, 0.25) is 0 Å². The quantitative estimate of drug-likeness (QED) is 0.417. The molecular formula is C2H3ClO. The molecule has 0 atom stereocenters. The molecule has 2 radical (unpaired) electrons. The van der Waals surface area contributed by atoms with Crippen LogP contribution in [0.1, 0.15) is 0 Å². The standard InChI is InChI=1S/C2H3Cl.O/c1-2-3;/h2H,1H2;. The molecule has 0 amide bonds. The van der Waals surface area contributed by atoms with Crippen LogP contribution in [0.3, 0.4) is 0 Å². The van der Waals surface area contributed by atoms with E-state index in [2.05, 4.69) is 6.58 Å². The number of rotatable bonds is 0. The minimum absolute atomic E-state index is 0. The molecule has 24 valence electrons. The van der Waals surface area contributed by atoms with E-state index in [-0.39, 0.29) is 5.48 Å². The topological polar surface area (TPSA) is 28.5 Å². The molecule has 0 aliphatic heterocycles. The van der Waals surface area contributed by atoms with Crippen molar-refractivity contribution in [2.24, 2.45) is 0 Å². The van der Waals surface area contributed by atoms with Crippen molar-refractivity contribution < 1.29 is 5.48 Å². The van der Waals surface area contributed by atoms with E-state index in [9.17, 15) is 0 Å². The smallest absolute Gasteiger partial charge is 0 e. The zero-order chi connectivity index (χ0) is 2.71. The van der Waals surface area contributed by atoms with Crippen LogP contribution in [0.25, 0.3) is 0 Å². The van der Waals surface area contributed by atoms with Crippen molar-refractivity contribution >= 4 is 11.6 Å². The Morgan fingerprint density at radius 2 is 1.75 bits per heavy atom. The van der Waals surface area contributed by atoms with Crippen molar-refractivity contribution in [3.05, 3.63) is 12.1 Å². The van der Waals surface area contributed by atoms with Gasteiger partial charge in [-0.2, -0.15) is 0 Å². The lowest BCUT2D eigenvalue weighted by Gasteiger charge is -1.27. The molecule has 0 saturated carbocycles. The molecule has 0 aromatic heterocycles. The Balaban J connectivity index is 0. The van der Waals surface area contributed by atoms with E-state index in [1.165, 1.54) is 5.54 Å². The van der Waals surface area contributed by atoms with Gasteiger partial charge in [0.15, 0.2) is 0 Å². The summed E-state index contributed by atoms with van der Waals surface area (Å²) in [6.45, 7) is 3.13. The molecule has 0 aliphatic rings. The fourth-order valence-corrected chi connectivity index (χ4v) is 0. The normalized spacial score (nSPS) is 3.25. The molecular weight excluding hydrogens is 75.5 g/mol. The minimum Gasteiger partial charge on any atom is -0.0936 e. The highest BCUT2D eigenvalue weighted by molar-refractivity contribution is 6.25. The summed E-state index contributed by atoms with van der Waals surface area (Å²) in [6, 6.07) is 0. The largest absolute Gasteiger partial charge is 0.0936 e. The first-order valence-electron chi connectivity index (χ1n) is 0.626. The lowest BCUT2D eigenvalue weighted by molar-refractivity contribution is 0.686. The highest BCUT2D eigenvalue weighted by Gasteiger charge is 1.18. The third-order valence-electron chi connectivity index (χ3n) is 0. The maximum Gasteiger partial charge on any atom is 0 e. The zero-order valence-electron chi connectivity index (χ0n) is 2.07. The molecule has 0 saturated heterocycles. The molecule has 4 heavy (non-hydrogen) atoms. The van der Waals surface area contributed by atoms with Crippen LogP contribution >= 0.6 is 11.6 Å². The van der Waals surface area contributed by atoms with E-state index in [1.54, 1.807) is 0 Å². The number of hydrogen-bond acceptors (Lipinski definition) is 0. The van der Waals surface area contributed by atoms with Gasteiger partial charge < -0.3 is 0 Å². The predicted molar refractivity (Wildman–Crippen MR) is 16.7 cm³/mol. The molecule has 0 fully saturated rings. The number of halogens is 1. The van der Waals surface area contributed by atoms with Crippen LogP contribution in [-0.2, 0) is 5.48 Å². The van der Waals surface area contributed by atoms with Gasteiger partial charge in [0.25, 0.3) is 0 Å². The van der Waals surface area contributed by atoms with Gasteiger partial charge in [-0.25, -0.2) is 0 Å². The van der Waals surface area contributed by atoms with Crippen LogP contribution < -0.4 is 0 Å². The second-order valence-electron chi connectivity index (χ2n) is 0.154. The van der Waals surface area contributed by atoms with Gasteiger partial charge in [0.1, 0.15) is 0 Å². The molecule has 0 spiro atoms. The highest BCUT2D eigenvalue weighted by Crippen LogP contribution is 1.60. The van der Waals surface area contributed by atoms with Gasteiger partial charge in [-0.3, -0.25) is 0 Å². The second kappa shape index (κ2) is 12.1. The van der Waals surface area contributed by atoms with Crippen molar-refractivity contribution in [1.29, 1.82) is 0 Å². The highest BCUT2D eigenvalue weighted by atomic mass is 35.5. The lowest BCUT2D eigenvalue weighted by Crippen LogP contribution is -0.926. The Bertz CT molecular complexity index is 13.5. The fourth-order valence-electron chi connectivity index (χ4n) is 0. The number of hydrogen-bond donors (Lipinski definition) is 0. The van der Waals surface area contributed by atoms with E-state index in [1.807, 2.05) is 0 Å². The average Bonchev–Trinajstić information content (AvgIpc) is 0.918.